The minimum absolute atomic E-state index is 0. The fourth-order valence-corrected chi connectivity index (χ4v) is 3.25. The Balaban J connectivity index is 0.00000261. The van der Waals surface area contributed by atoms with Crippen molar-refractivity contribution in [1.29, 1.82) is 0 Å². The predicted octanol–water partition coefficient (Wildman–Crippen LogP) is 3.71. The topological polar surface area (TPSA) is 65.7 Å². The zero-order chi connectivity index (χ0) is 18.2. The van der Waals surface area contributed by atoms with Crippen molar-refractivity contribution in [3.63, 3.8) is 0 Å². The van der Waals surface area contributed by atoms with Gasteiger partial charge in [0.1, 0.15) is 11.6 Å². The van der Waals surface area contributed by atoms with E-state index in [-0.39, 0.29) is 24.0 Å². The Morgan fingerprint density at radius 2 is 2.30 bits per heavy atom. The van der Waals surface area contributed by atoms with Gasteiger partial charge in [-0.1, -0.05) is 18.5 Å². The van der Waals surface area contributed by atoms with Crippen molar-refractivity contribution in [3.8, 4) is 0 Å². The van der Waals surface area contributed by atoms with Crippen LogP contribution in [0.15, 0.2) is 46.1 Å². The van der Waals surface area contributed by atoms with Gasteiger partial charge in [-0.2, -0.15) is 0 Å². The lowest BCUT2D eigenvalue weighted by molar-refractivity contribution is 0.506. The maximum absolute atomic E-state index is 6.27. The second-order valence-corrected chi connectivity index (χ2v) is 6.78. The van der Waals surface area contributed by atoms with E-state index in [4.69, 9.17) is 16.0 Å². The number of furan rings is 1. The molecule has 2 aromatic rings. The van der Waals surface area contributed by atoms with Gasteiger partial charge in [0.15, 0.2) is 5.96 Å². The maximum atomic E-state index is 6.27. The van der Waals surface area contributed by atoms with E-state index in [0.29, 0.717) is 11.1 Å². The highest BCUT2D eigenvalue weighted by Gasteiger charge is 2.25. The largest absolute Gasteiger partial charge is 0.469 e. The zero-order valence-corrected chi connectivity index (χ0v) is 18.6. The van der Waals surface area contributed by atoms with Crippen LogP contribution in [0.4, 0.5) is 5.82 Å². The molecule has 2 N–H and O–H groups in total. The average molecular weight is 504 g/mol. The highest BCUT2D eigenvalue weighted by atomic mass is 127. The average Bonchev–Trinajstić information content (AvgIpc) is 3.32. The molecule has 0 saturated carbocycles. The summed E-state index contributed by atoms with van der Waals surface area (Å²) in [6.45, 7) is 5.51. The van der Waals surface area contributed by atoms with Crippen molar-refractivity contribution >= 4 is 47.4 Å². The highest BCUT2D eigenvalue weighted by Crippen LogP contribution is 2.25. The van der Waals surface area contributed by atoms with E-state index in [0.717, 1.165) is 63.0 Å². The molecule has 0 bridgehead atoms. The SMILES string of the molecule is CCCN=C(NCCc1ccco1)NC1CCN(c2ncccc2Cl)C1.I. The van der Waals surface area contributed by atoms with Gasteiger partial charge < -0.3 is 20.0 Å². The first-order valence-electron chi connectivity index (χ1n) is 9.19. The first kappa shape index (κ1) is 21.8. The first-order chi connectivity index (χ1) is 12.8. The Kier molecular flexibility index (Phi) is 9.20. The molecule has 0 amide bonds. The minimum Gasteiger partial charge on any atom is -0.469 e. The van der Waals surface area contributed by atoms with Crippen molar-refractivity contribution < 1.29 is 4.42 Å². The summed E-state index contributed by atoms with van der Waals surface area (Å²) in [6.07, 6.45) is 6.37. The normalized spacial score (nSPS) is 16.9. The number of anilines is 1. The zero-order valence-electron chi connectivity index (χ0n) is 15.5. The Bertz CT molecular complexity index is 710. The van der Waals surface area contributed by atoms with Gasteiger partial charge in [-0.25, -0.2) is 4.98 Å². The summed E-state index contributed by atoms with van der Waals surface area (Å²) in [4.78, 5) is 11.3. The fourth-order valence-electron chi connectivity index (χ4n) is 3.01. The standard InChI is InChI=1S/C19H26ClN5O.HI/c1-2-9-22-19(23-11-7-16-5-4-13-26-16)24-15-8-12-25(14-15)18-17(20)6-3-10-21-18;/h3-6,10,13,15H,2,7-9,11-12,14H2,1H3,(H2,22,23,24);1H. The van der Waals surface area contributed by atoms with Gasteiger partial charge in [0, 0.05) is 44.8 Å². The molecule has 3 heterocycles. The molecule has 1 aliphatic rings. The first-order valence-corrected chi connectivity index (χ1v) is 9.56. The molecule has 2 aromatic heterocycles. The van der Waals surface area contributed by atoms with Crippen molar-refractivity contribution in [2.24, 2.45) is 4.99 Å². The van der Waals surface area contributed by atoms with E-state index < -0.39 is 0 Å². The number of hydrogen-bond acceptors (Lipinski definition) is 4. The van der Waals surface area contributed by atoms with Crippen LogP contribution >= 0.6 is 35.6 Å². The molecule has 0 aliphatic carbocycles. The van der Waals surface area contributed by atoms with Crippen LogP contribution in [-0.4, -0.2) is 43.2 Å². The number of aromatic nitrogens is 1. The Hall–Kier alpha value is -1.48. The molecule has 1 fully saturated rings. The quantitative estimate of drug-likeness (QED) is 0.343. The molecule has 148 valence electrons. The summed E-state index contributed by atoms with van der Waals surface area (Å²) in [6, 6.07) is 7.96. The molecule has 3 rings (SSSR count). The lowest BCUT2D eigenvalue weighted by Gasteiger charge is -2.20. The molecule has 1 saturated heterocycles. The van der Waals surface area contributed by atoms with Crippen molar-refractivity contribution in [2.75, 3.05) is 31.1 Å². The highest BCUT2D eigenvalue weighted by molar-refractivity contribution is 14.0. The van der Waals surface area contributed by atoms with Gasteiger partial charge in [0.05, 0.1) is 11.3 Å². The van der Waals surface area contributed by atoms with Gasteiger partial charge >= 0.3 is 0 Å². The van der Waals surface area contributed by atoms with Gasteiger partial charge in [-0.3, -0.25) is 4.99 Å². The smallest absolute Gasteiger partial charge is 0.191 e. The summed E-state index contributed by atoms with van der Waals surface area (Å²) >= 11 is 6.27. The summed E-state index contributed by atoms with van der Waals surface area (Å²) in [5.41, 5.74) is 0. The Labute approximate surface area is 182 Å². The van der Waals surface area contributed by atoms with Crippen LogP contribution in [0.1, 0.15) is 25.5 Å². The van der Waals surface area contributed by atoms with Crippen LogP contribution in [0.25, 0.3) is 0 Å². The van der Waals surface area contributed by atoms with E-state index in [1.54, 1.807) is 12.5 Å². The number of hydrogen-bond donors (Lipinski definition) is 2. The van der Waals surface area contributed by atoms with Gasteiger partial charge in [0.2, 0.25) is 0 Å². The molecule has 6 nitrogen and oxygen atoms in total. The Morgan fingerprint density at radius 3 is 3.04 bits per heavy atom. The molecule has 0 aromatic carbocycles. The molecule has 27 heavy (non-hydrogen) atoms. The van der Waals surface area contributed by atoms with Crippen molar-refractivity contribution in [1.82, 2.24) is 15.6 Å². The van der Waals surface area contributed by atoms with Gasteiger partial charge in [-0.15, -0.1) is 24.0 Å². The lowest BCUT2D eigenvalue weighted by Crippen LogP contribution is -2.45. The third kappa shape index (κ3) is 6.57. The minimum atomic E-state index is 0. The predicted molar refractivity (Wildman–Crippen MR) is 121 cm³/mol. The van der Waals surface area contributed by atoms with Gasteiger partial charge in [0.25, 0.3) is 0 Å². The van der Waals surface area contributed by atoms with E-state index in [9.17, 15) is 0 Å². The molecule has 0 radical (unpaired) electrons. The number of nitrogens with zero attached hydrogens (tertiary/aromatic N) is 3. The summed E-state index contributed by atoms with van der Waals surface area (Å²) < 4.78 is 5.38. The molecule has 1 unspecified atom stereocenters. The van der Waals surface area contributed by atoms with Crippen LogP contribution in [0.2, 0.25) is 5.02 Å². The number of halogens is 2. The molecular weight excluding hydrogens is 477 g/mol. The lowest BCUT2D eigenvalue weighted by atomic mass is 10.3. The van der Waals surface area contributed by atoms with Gasteiger partial charge in [-0.05, 0) is 37.1 Å². The van der Waals surface area contributed by atoms with Crippen LogP contribution in [0.3, 0.4) is 0 Å². The van der Waals surface area contributed by atoms with Crippen LogP contribution < -0.4 is 15.5 Å². The van der Waals surface area contributed by atoms with E-state index in [1.165, 1.54) is 0 Å². The number of nitrogens with one attached hydrogen (secondary N) is 2. The van der Waals surface area contributed by atoms with Crippen LogP contribution in [-0.2, 0) is 6.42 Å². The molecule has 8 heteroatoms. The Morgan fingerprint density at radius 1 is 1.41 bits per heavy atom. The van der Waals surface area contributed by atoms with E-state index >= 15 is 0 Å². The number of rotatable bonds is 7. The third-order valence-electron chi connectivity index (χ3n) is 4.31. The number of guanidine groups is 1. The fraction of sp³-hybridized carbons (Fsp3) is 0.474. The second-order valence-electron chi connectivity index (χ2n) is 6.37. The number of pyridine rings is 1. The summed E-state index contributed by atoms with van der Waals surface area (Å²) in [7, 11) is 0. The summed E-state index contributed by atoms with van der Waals surface area (Å²) in [5.74, 6) is 2.69. The number of aliphatic imine (C=N–C) groups is 1. The van der Waals surface area contributed by atoms with Crippen molar-refractivity contribution in [3.05, 3.63) is 47.5 Å². The van der Waals surface area contributed by atoms with E-state index in [2.05, 4.69) is 32.4 Å². The molecule has 0 spiro atoms. The second kappa shape index (κ2) is 11.4. The molecule has 1 aliphatic heterocycles. The summed E-state index contributed by atoms with van der Waals surface area (Å²) in [5, 5.41) is 7.65. The van der Waals surface area contributed by atoms with Crippen LogP contribution in [0.5, 0.6) is 0 Å². The van der Waals surface area contributed by atoms with E-state index in [1.807, 2.05) is 24.3 Å². The van der Waals surface area contributed by atoms with Crippen molar-refractivity contribution in [2.45, 2.75) is 32.2 Å². The maximum Gasteiger partial charge on any atom is 0.191 e. The third-order valence-corrected chi connectivity index (χ3v) is 4.60. The monoisotopic (exact) mass is 503 g/mol. The van der Waals surface area contributed by atoms with Crippen LogP contribution in [0, 0.1) is 0 Å². The molecular formula is C19H27ClIN5O. The molecule has 1 atom stereocenters.